The zero-order chi connectivity index (χ0) is 13.7. The summed E-state index contributed by atoms with van der Waals surface area (Å²) in [5, 5.41) is 9.02. The van der Waals surface area contributed by atoms with Crippen LogP contribution in [0.3, 0.4) is 0 Å². The van der Waals surface area contributed by atoms with Gasteiger partial charge in [-0.3, -0.25) is 4.90 Å². The molecule has 1 aromatic heterocycles. The van der Waals surface area contributed by atoms with Crippen LogP contribution in [0.25, 0.3) is 0 Å². The van der Waals surface area contributed by atoms with Gasteiger partial charge in [-0.1, -0.05) is 41.9 Å². The molecule has 4 heteroatoms. The molecular formula is C15H15ClN2S. The first-order chi connectivity index (χ1) is 9.20. The number of nitriles is 1. The van der Waals surface area contributed by atoms with Crippen molar-refractivity contribution in [2.75, 3.05) is 7.05 Å². The summed E-state index contributed by atoms with van der Waals surface area (Å²) < 4.78 is 0.806. The maximum Gasteiger partial charge on any atom is 0.0931 e. The summed E-state index contributed by atoms with van der Waals surface area (Å²) in [6.45, 7) is 0.804. The van der Waals surface area contributed by atoms with Crippen molar-refractivity contribution in [3.05, 3.63) is 57.2 Å². The molecule has 2 aromatic rings. The molecule has 0 radical (unpaired) electrons. The highest BCUT2D eigenvalue weighted by Gasteiger charge is 2.17. The van der Waals surface area contributed by atoms with Crippen molar-refractivity contribution in [1.82, 2.24) is 4.90 Å². The van der Waals surface area contributed by atoms with Crippen molar-refractivity contribution < 1.29 is 0 Å². The molecule has 0 bridgehead atoms. The number of benzene rings is 1. The maximum absolute atomic E-state index is 9.02. The van der Waals surface area contributed by atoms with Crippen LogP contribution in [0.1, 0.15) is 22.9 Å². The molecule has 0 amide bonds. The second kappa shape index (κ2) is 6.72. The fraction of sp³-hybridized carbons (Fsp3) is 0.267. The van der Waals surface area contributed by atoms with Gasteiger partial charge in [0.1, 0.15) is 0 Å². The van der Waals surface area contributed by atoms with Gasteiger partial charge < -0.3 is 0 Å². The number of halogens is 1. The van der Waals surface area contributed by atoms with E-state index in [0.29, 0.717) is 6.42 Å². The summed E-state index contributed by atoms with van der Waals surface area (Å²) in [7, 11) is 2.04. The zero-order valence-electron chi connectivity index (χ0n) is 10.7. The van der Waals surface area contributed by atoms with Gasteiger partial charge in [-0.2, -0.15) is 5.26 Å². The molecule has 0 aliphatic rings. The molecule has 0 spiro atoms. The van der Waals surface area contributed by atoms with E-state index in [4.69, 9.17) is 16.9 Å². The Morgan fingerprint density at radius 3 is 2.58 bits per heavy atom. The van der Waals surface area contributed by atoms with Crippen LogP contribution in [0, 0.1) is 11.3 Å². The van der Waals surface area contributed by atoms with Gasteiger partial charge >= 0.3 is 0 Å². The second-order valence-electron chi connectivity index (χ2n) is 4.41. The smallest absolute Gasteiger partial charge is 0.0931 e. The summed E-state index contributed by atoms with van der Waals surface area (Å²) in [4.78, 5) is 3.41. The van der Waals surface area contributed by atoms with Gasteiger partial charge in [-0.15, -0.1) is 11.3 Å². The molecule has 1 aromatic carbocycles. The van der Waals surface area contributed by atoms with Crippen molar-refractivity contribution in [3.63, 3.8) is 0 Å². The van der Waals surface area contributed by atoms with Crippen LogP contribution >= 0.6 is 22.9 Å². The van der Waals surface area contributed by atoms with Crippen molar-refractivity contribution in [2.45, 2.75) is 19.0 Å². The van der Waals surface area contributed by atoms with Crippen LogP contribution in [0.5, 0.6) is 0 Å². The molecule has 0 N–H and O–H groups in total. The lowest BCUT2D eigenvalue weighted by Crippen LogP contribution is -2.23. The molecule has 2 nitrogen and oxygen atoms in total. The molecule has 0 aliphatic carbocycles. The molecule has 98 valence electrons. The molecule has 0 fully saturated rings. The van der Waals surface area contributed by atoms with E-state index >= 15 is 0 Å². The monoisotopic (exact) mass is 290 g/mol. The Bertz CT molecular complexity index is 559. The lowest BCUT2D eigenvalue weighted by Gasteiger charge is -2.26. The van der Waals surface area contributed by atoms with E-state index in [1.165, 1.54) is 10.4 Å². The molecule has 0 saturated heterocycles. The minimum Gasteiger partial charge on any atom is -0.293 e. The Hall–Kier alpha value is -1.34. The van der Waals surface area contributed by atoms with Gasteiger partial charge in [-0.05, 0) is 24.7 Å². The van der Waals surface area contributed by atoms with Gasteiger partial charge in [0.15, 0.2) is 0 Å². The van der Waals surface area contributed by atoms with E-state index in [9.17, 15) is 0 Å². The predicted molar refractivity (Wildman–Crippen MR) is 80.2 cm³/mol. The minimum atomic E-state index is 0.118. The number of hydrogen-bond donors (Lipinski definition) is 0. The third kappa shape index (κ3) is 3.81. The van der Waals surface area contributed by atoms with Crippen LogP contribution in [0.4, 0.5) is 0 Å². The minimum absolute atomic E-state index is 0.118. The molecule has 1 heterocycles. The van der Waals surface area contributed by atoms with Crippen molar-refractivity contribution in [3.8, 4) is 6.07 Å². The van der Waals surface area contributed by atoms with Crippen LogP contribution < -0.4 is 0 Å². The molecular weight excluding hydrogens is 276 g/mol. The maximum atomic E-state index is 9.02. The number of nitrogens with zero attached hydrogens (tertiary/aromatic N) is 2. The average molecular weight is 291 g/mol. The first kappa shape index (κ1) is 14.1. The molecule has 1 unspecified atom stereocenters. The lowest BCUT2D eigenvalue weighted by molar-refractivity contribution is 0.241. The van der Waals surface area contributed by atoms with E-state index in [1.54, 1.807) is 11.3 Å². The van der Waals surface area contributed by atoms with Crippen LogP contribution in [0.15, 0.2) is 42.5 Å². The highest BCUT2D eigenvalue weighted by Crippen LogP contribution is 2.27. The second-order valence-corrected chi connectivity index (χ2v) is 6.21. The summed E-state index contributed by atoms with van der Waals surface area (Å²) in [6, 6.07) is 16.5. The summed E-state index contributed by atoms with van der Waals surface area (Å²) >= 11 is 7.54. The topological polar surface area (TPSA) is 27.0 Å². The Morgan fingerprint density at radius 1 is 1.26 bits per heavy atom. The molecule has 2 rings (SSSR count). The Morgan fingerprint density at radius 2 is 2.00 bits per heavy atom. The first-order valence-corrected chi connectivity index (χ1v) is 7.26. The van der Waals surface area contributed by atoms with Crippen molar-refractivity contribution in [2.24, 2.45) is 0 Å². The van der Waals surface area contributed by atoms with Crippen LogP contribution in [-0.4, -0.2) is 11.9 Å². The van der Waals surface area contributed by atoms with Gasteiger partial charge in [0.05, 0.1) is 16.8 Å². The van der Waals surface area contributed by atoms with E-state index in [2.05, 4.69) is 23.1 Å². The summed E-state index contributed by atoms with van der Waals surface area (Å²) in [5.74, 6) is 0. The van der Waals surface area contributed by atoms with Crippen molar-refractivity contribution >= 4 is 22.9 Å². The summed E-state index contributed by atoms with van der Waals surface area (Å²) in [6.07, 6.45) is 0.486. The van der Waals surface area contributed by atoms with Gasteiger partial charge in [0.2, 0.25) is 0 Å². The average Bonchev–Trinajstić information content (AvgIpc) is 2.82. The molecule has 0 saturated carbocycles. The number of thiophene rings is 1. The first-order valence-electron chi connectivity index (χ1n) is 6.07. The largest absolute Gasteiger partial charge is 0.293 e. The molecule has 0 aliphatic heterocycles. The molecule has 19 heavy (non-hydrogen) atoms. The standard InChI is InChI=1S/C15H15ClN2S/c1-18(11-13-7-8-15(16)19-13)14(9-10-17)12-5-3-2-4-6-12/h2-8,14H,9,11H2,1H3. The Balaban J connectivity index is 2.13. The van der Waals surface area contributed by atoms with Gasteiger partial charge in [0, 0.05) is 17.5 Å². The van der Waals surface area contributed by atoms with Crippen LogP contribution in [-0.2, 0) is 6.54 Å². The zero-order valence-corrected chi connectivity index (χ0v) is 12.3. The number of hydrogen-bond acceptors (Lipinski definition) is 3. The van der Waals surface area contributed by atoms with Crippen molar-refractivity contribution in [1.29, 1.82) is 5.26 Å². The highest BCUT2D eigenvalue weighted by atomic mass is 35.5. The molecule has 1 atom stereocenters. The van der Waals surface area contributed by atoms with E-state index in [-0.39, 0.29) is 6.04 Å². The fourth-order valence-electron chi connectivity index (χ4n) is 2.08. The SMILES string of the molecule is CN(Cc1ccc(Cl)s1)C(CC#N)c1ccccc1. The van der Waals surface area contributed by atoms with Crippen LogP contribution in [0.2, 0.25) is 4.34 Å². The Kier molecular flexibility index (Phi) is 4.98. The summed E-state index contributed by atoms with van der Waals surface area (Å²) in [5.41, 5.74) is 1.18. The third-order valence-corrected chi connectivity index (χ3v) is 4.25. The van der Waals surface area contributed by atoms with Gasteiger partial charge in [-0.25, -0.2) is 0 Å². The van der Waals surface area contributed by atoms with E-state index < -0.39 is 0 Å². The normalized spacial score (nSPS) is 12.3. The van der Waals surface area contributed by atoms with Gasteiger partial charge in [0.25, 0.3) is 0 Å². The number of rotatable bonds is 5. The quantitative estimate of drug-likeness (QED) is 0.811. The fourth-order valence-corrected chi connectivity index (χ4v) is 3.23. The highest BCUT2D eigenvalue weighted by molar-refractivity contribution is 7.16. The van der Waals surface area contributed by atoms with E-state index in [0.717, 1.165) is 10.9 Å². The lowest BCUT2D eigenvalue weighted by atomic mass is 10.0. The third-order valence-electron chi connectivity index (χ3n) is 3.04. The predicted octanol–water partition coefficient (Wildman–Crippen LogP) is 4.49. The Labute approximate surface area is 122 Å². The van der Waals surface area contributed by atoms with E-state index in [1.807, 2.05) is 37.4 Å².